The molecule has 2 aromatic rings. The van der Waals surface area contributed by atoms with Crippen LogP contribution in [0.5, 0.6) is 5.75 Å². The third kappa shape index (κ3) is 11.7. The van der Waals surface area contributed by atoms with Gasteiger partial charge in [-0.3, -0.25) is 33.8 Å². The van der Waals surface area contributed by atoms with Gasteiger partial charge < -0.3 is 29.7 Å². The molecule has 2 aromatic carbocycles. The number of fused-ring (bicyclic) bond motifs is 1. The third-order valence-corrected chi connectivity index (χ3v) is 9.42. The van der Waals surface area contributed by atoms with E-state index in [0.29, 0.717) is 50.6 Å². The van der Waals surface area contributed by atoms with Crippen molar-refractivity contribution in [1.82, 2.24) is 20.4 Å². The zero-order valence-electron chi connectivity index (χ0n) is 28.5. The van der Waals surface area contributed by atoms with Gasteiger partial charge in [0.15, 0.2) is 0 Å². The molecule has 4 rings (SSSR count). The Kier molecular flexibility index (Phi) is 14.0. The lowest BCUT2D eigenvalue weighted by molar-refractivity contribution is -0.149. The molecular weight excluding hydrogens is 667 g/mol. The summed E-state index contributed by atoms with van der Waals surface area (Å²) in [5.74, 6) is -2.80. The van der Waals surface area contributed by atoms with E-state index in [2.05, 4.69) is 15.2 Å². The Morgan fingerprint density at radius 3 is 2.34 bits per heavy atom. The van der Waals surface area contributed by atoms with Gasteiger partial charge in [-0.25, -0.2) is 4.57 Å². The first-order valence-electron chi connectivity index (χ1n) is 16.9. The molecule has 4 atom stereocenters. The van der Waals surface area contributed by atoms with Crippen molar-refractivity contribution in [2.24, 2.45) is 5.92 Å². The summed E-state index contributed by atoms with van der Waals surface area (Å²) >= 11 is 0. The van der Waals surface area contributed by atoms with Crippen LogP contribution in [0.2, 0.25) is 0 Å². The zero-order valence-corrected chi connectivity index (χ0v) is 29.4. The van der Waals surface area contributed by atoms with Crippen LogP contribution in [0.1, 0.15) is 68.9 Å². The number of benzene rings is 2. The standard InChI is InChI=1S/C35H47N4O10P/c1-38(2)31(40)13-8-20-36-34(43)30-19-16-27-11-6-7-12-29(35(44)39(27)30)37-33(42)26(22-32(41)48-23-25-9-4-3-5-10-25)21-24-14-17-28(18-15-24)49-50(45,46)47/h3-5,9-10,14-15,17-18,26-27,29-30H,6-8,11-13,16,19-23H2,1-2H3,(H,36,43)(H,37,42)(H2,45,46,47)/t26-,27?,29+,30+/m1/s1. The Bertz CT molecular complexity index is 1530. The van der Waals surface area contributed by atoms with Crippen LogP contribution in [-0.4, -0.2) is 88.0 Å². The summed E-state index contributed by atoms with van der Waals surface area (Å²) in [6, 6.07) is 13.2. The highest BCUT2D eigenvalue weighted by Gasteiger charge is 2.44. The van der Waals surface area contributed by atoms with Crippen LogP contribution in [0.15, 0.2) is 54.6 Å². The minimum absolute atomic E-state index is 0.0231. The van der Waals surface area contributed by atoms with E-state index in [1.807, 2.05) is 30.3 Å². The molecule has 0 spiro atoms. The molecule has 272 valence electrons. The quantitative estimate of drug-likeness (QED) is 0.121. The topological polar surface area (TPSA) is 192 Å². The Balaban J connectivity index is 1.45. The molecule has 14 nitrogen and oxygen atoms in total. The molecule has 0 bridgehead atoms. The third-order valence-electron chi connectivity index (χ3n) is 8.98. The molecule has 1 unspecified atom stereocenters. The summed E-state index contributed by atoms with van der Waals surface area (Å²) < 4.78 is 21.3. The molecule has 4 amide bonds. The van der Waals surface area contributed by atoms with E-state index < -0.39 is 37.7 Å². The van der Waals surface area contributed by atoms with Gasteiger partial charge in [-0.2, -0.15) is 0 Å². The first kappa shape index (κ1) is 38.5. The highest BCUT2D eigenvalue weighted by atomic mass is 31.2. The average molecular weight is 715 g/mol. The fraction of sp³-hybridized carbons (Fsp3) is 0.514. The fourth-order valence-electron chi connectivity index (χ4n) is 6.37. The number of nitrogens with one attached hydrogen (secondary N) is 2. The van der Waals surface area contributed by atoms with Crippen molar-refractivity contribution in [2.45, 2.75) is 88.9 Å². The van der Waals surface area contributed by atoms with Crippen molar-refractivity contribution in [1.29, 1.82) is 0 Å². The zero-order chi connectivity index (χ0) is 36.3. The maximum Gasteiger partial charge on any atom is 0.524 e. The van der Waals surface area contributed by atoms with Crippen molar-refractivity contribution in [3.63, 3.8) is 0 Å². The predicted molar refractivity (Wildman–Crippen MR) is 182 cm³/mol. The Labute approximate surface area is 292 Å². The van der Waals surface area contributed by atoms with Crippen molar-refractivity contribution >= 4 is 37.4 Å². The lowest BCUT2D eigenvalue weighted by Gasteiger charge is -2.35. The van der Waals surface area contributed by atoms with Crippen LogP contribution >= 0.6 is 7.82 Å². The van der Waals surface area contributed by atoms with Crippen molar-refractivity contribution < 1.29 is 47.6 Å². The van der Waals surface area contributed by atoms with Crippen LogP contribution in [-0.2, 0) is 46.3 Å². The van der Waals surface area contributed by atoms with Gasteiger partial charge in [-0.15, -0.1) is 0 Å². The van der Waals surface area contributed by atoms with E-state index in [9.17, 15) is 28.5 Å². The number of rotatable bonds is 15. The smallest absolute Gasteiger partial charge is 0.461 e. The normalized spacial score (nSPS) is 19.7. The van der Waals surface area contributed by atoms with E-state index in [-0.39, 0.29) is 49.0 Å². The molecule has 2 heterocycles. The van der Waals surface area contributed by atoms with E-state index in [4.69, 9.17) is 14.5 Å². The highest BCUT2D eigenvalue weighted by Crippen LogP contribution is 2.37. The van der Waals surface area contributed by atoms with E-state index >= 15 is 0 Å². The molecule has 0 radical (unpaired) electrons. The van der Waals surface area contributed by atoms with Crippen molar-refractivity contribution in [3.05, 3.63) is 65.7 Å². The first-order valence-corrected chi connectivity index (χ1v) is 18.5. The minimum atomic E-state index is -4.76. The molecule has 2 fully saturated rings. The molecule has 15 heteroatoms. The number of nitrogens with zero attached hydrogens (tertiary/aromatic N) is 2. The second kappa shape index (κ2) is 18.1. The van der Waals surface area contributed by atoms with Crippen LogP contribution in [0.4, 0.5) is 0 Å². The number of hydrogen-bond donors (Lipinski definition) is 4. The van der Waals surface area contributed by atoms with Gasteiger partial charge in [-0.1, -0.05) is 55.3 Å². The maximum absolute atomic E-state index is 14.1. The number of phosphoric ester groups is 1. The Morgan fingerprint density at radius 2 is 1.66 bits per heavy atom. The summed E-state index contributed by atoms with van der Waals surface area (Å²) in [7, 11) is -1.42. The molecule has 0 aromatic heterocycles. The highest BCUT2D eigenvalue weighted by molar-refractivity contribution is 7.46. The second-order valence-corrected chi connectivity index (χ2v) is 14.2. The van der Waals surface area contributed by atoms with Crippen LogP contribution in [0.3, 0.4) is 0 Å². The van der Waals surface area contributed by atoms with E-state index in [1.165, 1.54) is 29.2 Å². The van der Waals surface area contributed by atoms with Gasteiger partial charge >= 0.3 is 13.8 Å². The monoisotopic (exact) mass is 714 g/mol. The number of hydrogen-bond acceptors (Lipinski definition) is 8. The van der Waals surface area contributed by atoms with E-state index in [1.54, 1.807) is 19.0 Å². The van der Waals surface area contributed by atoms with Gasteiger partial charge in [-0.05, 0) is 61.8 Å². The molecule has 4 N–H and O–H groups in total. The van der Waals surface area contributed by atoms with E-state index in [0.717, 1.165) is 18.4 Å². The molecule has 50 heavy (non-hydrogen) atoms. The molecule has 0 saturated carbocycles. The second-order valence-electron chi connectivity index (χ2n) is 13.0. The first-order chi connectivity index (χ1) is 23.8. The lowest BCUT2D eigenvalue weighted by Crippen LogP contribution is -2.57. The fourth-order valence-corrected chi connectivity index (χ4v) is 6.77. The minimum Gasteiger partial charge on any atom is -0.461 e. The van der Waals surface area contributed by atoms with Crippen molar-refractivity contribution in [2.75, 3.05) is 20.6 Å². The van der Waals surface area contributed by atoms with Gasteiger partial charge in [0.2, 0.25) is 23.6 Å². The summed E-state index contributed by atoms with van der Waals surface area (Å²) in [5, 5.41) is 5.76. The number of phosphoric acid groups is 1. The van der Waals surface area contributed by atoms with Crippen LogP contribution < -0.4 is 15.2 Å². The molecule has 0 aliphatic carbocycles. The number of carbonyl (C=O) groups is 5. The molecular formula is C35H47N4O10P. The summed E-state index contributed by atoms with van der Waals surface area (Å²) in [6.07, 6.45) is 4.36. The average Bonchev–Trinajstić information content (AvgIpc) is 3.49. The van der Waals surface area contributed by atoms with Gasteiger partial charge in [0.05, 0.1) is 12.3 Å². The molecule has 2 saturated heterocycles. The Hall–Kier alpha value is -4.26. The summed E-state index contributed by atoms with van der Waals surface area (Å²) in [6.45, 7) is 0.325. The van der Waals surface area contributed by atoms with Gasteiger partial charge in [0.1, 0.15) is 24.4 Å². The molecule has 2 aliphatic rings. The summed E-state index contributed by atoms with van der Waals surface area (Å²) in [5.41, 5.74) is 1.37. The van der Waals surface area contributed by atoms with Gasteiger partial charge in [0.25, 0.3) is 0 Å². The van der Waals surface area contributed by atoms with Crippen LogP contribution in [0.25, 0.3) is 0 Å². The number of carbonyl (C=O) groups excluding carboxylic acids is 5. The molecule has 2 aliphatic heterocycles. The summed E-state index contributed by atoms with van der Waals surface area (Å²) in [4.78, 5) is 87.4. The maximum atomic E-state index is 14.1. The van der Waals surface area contributed by atoms with Crippen LogP contribution in [0, 0.1) is 5.92 Å². The Morgan fingerprint density at radius 1 is 0.960 bits per heavy atom. The number of amides is 4. The SMILES string of the molecule is CN(C)C(=O)CCCNC(=O)[C@@H]1CCC2CCCC[C@H](NC(=O)[C@@H](CC(=O)OCc3ccccc3)Cc3ccc(OP(=O)(O)O)cc3)C(=O)N21. The largest absolute Gasteiger partial charge is 0.524 e. The van der Waals surface area contributed by atoms with Gasteiger partial charge in [0, 0.05) is 33.1 Å². The lowest BCUT2D eigenvalue weighted by atomic mass is 9.93. The van der Waals surface area contributed by atoms with Crippen molar-refractivity contribution in [3.8, 4) is 5.75 Å². The number of ether oxygens (including phenoxy) is 1. The predicted octanol–water partition coefficient (Wildman–Crippen LogP) is 2.85. The number of esters is 1.